The molecular weight excluding hydrogens is 300 g/mol. The summed E-state index contributed by atoms with van der Waals surface area (Å²) in [6.07, 6.45) is 5.96. The molecule has 1 aromatic carbocycles. The number of hydrogen-bond donors (Lipinski definition) is 0. The summed E-state index contributed by atoms with van der Waals surface area (Å²) in [5, 5.41) is 4.21. The Labute approximate surface area is 143 Å². The zero-order chi connectivity index (χ0) is 17.1. The van der Waals surface area contributed by atoms with Gasteiger partial charge in [-0.1, -0.05) is 0 Å². The number of amides is 1. The highest BCUT2D eigenvalue weighted by Gasteiger charge is 2.27. The second-order valence-corrected chi connectivity index (χ2v) is 6.79. The number of aromatic nitrogens is 2. The van der Waals surface area contributed by atoms with E-state index in [9.17, 15) is 4.79 Å². The smallest absolute Gasteiger partial charge is 0.253 e. The topological polar surface area (TPSA) is 41.4 Å². The average Bonchev–Trinajstić information content (AvgIpc) is 3.15. The van der Waals surface area contributed by atoms with Crippen molar-refractivity contribution in [3.63, 3.8) is 0 Å². The van der Waals surface area contributed by atoms with Crippen LogP contribution >= 0.6 is 0 Å². The van der Waals surface area contributed by atoms with Gasteiger partial charge in [0.15, 0.2) is 0 Å². The normalized spacial score (nSPS) is 17.6. The summed E-state index contributed by atoms with van der Waals surface area (Å²) in [4.78, 5) is 17.0. The maximum absolute atomic E-state index is 12.8. The minimum absolute atomic E-state index is 0.0912. The van der Waals surface area contributed by atoms with Gasteiger partial charge >= 0.3 is 0 Å². The van der Waals surface area contributed by atoms with Crippen LogP contribution in [0.5, 0.6) is 0 Å². The molecular formula is C19H26N4O. The van der Waals surface area contributed by atoms with Gasteiger partial charge in [0.05, 0.1) is 5.69 Å². The Morgan fingerprint density at radius 1 is 1.25 bits per heavy atom. The van der Waals surface area contributed by atoms with Gasteiger partial charge in [0.25, 0.3) is 5.91 Å². The van der Waals surface area contributed by atoms with E-state index < -0.39 is 0 Å². The van der Waals surface area contributed by atoms with Gasteiger partial charge in [-0.25, -0.2) is 4.68 Å². The van der Waals surface area contributed by atoms with Crippen molar-refractivity contribution in [3.8, 4) is 5.69 Å². The third-order valence-electron chi connectivity index (χ3n) is 5.26. The van der Waals surface area contributed by atoms with Crippen LogP contribution in [-0.2, 0) is 0 Å². The molecule has 2 aromatic rings. The van der Waals surface area contributed by atoms with Crippen molar-refractivity contribution >= 4 is 5.91 Å². The van der Waals surface area contributed by atoms with Crippen LogP contribution in [0.4, 0.5) is 0 Å². The number of hydrogen-bond acceptors (Lipinski definition) is 3. The first-order valence-corrected chi connectivity index (χ1v) is 8.62. The molecule has 0 radical (unpaired) electrons. The summed E-state index contributed by atoms with van der Waals surface area (Å²) in [6, 6.07) is 9.80. The van der Waals surface area contributed by atoms with Crippen LogP contribution in [0.25, 0.3) is 5.69 Å². The molecule has 1 amide bonds. The third-order valence-corrected chi connectivity index (χ3v) is 5.26. The molecule has 1 fully saturated rings. The zero-order valence-corrected chi connectivity index (χ0v) is 14.7. The first kappa shape index (κ1) is 16.7. The fourth-order valence-corrected chi connectivity index (χ4v) is 3.39. The Balaban J connectivity index is 1.66. The van der Waals surface area contributed by atoms with Crippen LogP contribution in [0.2, 0.25) is 0 Å². The number of nitrogens with zero attached hydrogens (tertiary/aromatic N) is 4. The van der Waals surface area contributed by atoms with E-state index in [0.717, 1.165) is 37.2 Å². The lowest BCUT2D eigenvalue weighted by Gasteiger charge is -2.37. The molecule has 1 aliphatic heterocycles. The highest BCUT2D eigenvalue weighted by Crippen LogP contribution is 2.24. The van der Waals surface area contributed by atoms with Gasteiger partial charge in [-0.15, -0.1) is 0 Å². The van der Waals surface area contributed by atoms with Crippen molar-refractivity contribution in [1.82, 2.24) is 19.6 Å². The van der Waals surface area contributed by atoms with Crippen molar-refractivity contribution < 1.29 is 4.79 Å². The van der Waals surface area contributed by atoms with Gasteiger partial charge < -0.3 is 9.80 Å². The Kier molecular flexibility index (Phi) is 5.00. The molecule has 0 aliphatic carbocycles. The Morgan fingerprint density at radius 2 is 1.92 bits per heavy atom. The van der Waals surface area contributed by atoms with Crippen LogP contribution in [0.15, 0.2) is 42.7 Å². The number of benzene rings is 1. The number of piperidine rings is 1. The third kappa shape index (κ3) is 3.51. The summed E-state index contributed by atoms with van der Waals surface area (Å²) >= 11 is 0. The van der Waals surface area contributed by atoms with Crippen molar-refractivity contribution in [2.75, 3.05) is 27.2 Å². The summed E-state index contributed by atoms with van der Waals surface area (Å²) in [6.45, 7) is 4.41. The van der Waals surface area contributed by atoms with Crippen LogP contribution in [-0.4, -0.2) is 58.7 Å². The SMILES string of the molecule is CC(C1CCN(C)CC1)N(C)C(=O)c1ccc(-n2cccn2)cc1. The van der Waals surface area contributed by atoms with Crippen LogP contribution < -0.4 is 0 Å². The first-order chi connectivity index (χ1) is 11.6. The standard InChI is InChI=1S/C19H26N4O/c1-15(16-9-13-21(2)14-10-16)22(3)19(24)17-5-7-18(8-6-17)23-12-4-11-20-23/h4-8,11-12,15-16H,9-10,13-14H2,1-3H3. The largest absolute Gasteiger partial charge is 0.339 e. The van der Waals surface area contributed by atoms with Crippen LogP contribution in [0.3, 0.4) is 0 Å². The molecule has 0 spiro atoms. The number of likely N-dealkylation sites (tertiary alicyclic amines) is 1. The molecule has 2 heterocycles. The predicted molar refractivity (Wildman–Crippen MR) is 95.3 cm³/mol. The van der Waals surface area contributed by atoms with Crippen molar-refractivity contribution in [3.05, 3.63) is 48.3 Å². The van der Waals surface area contributed by atoms with E-state index in [2.05, 4.69) is 24.0 Å². The van der Waals surface area contributed by atoms with Gasteiger partial charge in [0.2, 0.25) is 0 Å². The summed E-state index contributed by atoms with van der Waals surface area (Å²) < 4.78 is 1.79. The molecule has 1 saturated heterocycles. The van der Waals surface area contributed by atoms with E-state index in [1.54, 1.807) is 10.9 Å². The van der Waals surface area contributed by atoms with E-state index >= 15 is 0 Å². The van der Waals surface area contributed by atoms with Gasteiger partial charge in [0, 0.05) is 31.0 Å². The second-order valence-electron chi connectivity index (χ2n) is 6.79. The van der Waals surface area contributed by atoms with Gasteiger partial charge in [-0.2, -0.15) is 5.10 Å². The quantitative estimate of drug-likeness (QED) is 0.867. The minimum Gasteiger partial charge on any atom is -0.339 e. The van der Waals surface area contributed by atoms with Crippen LogP contribution in [0.1, 0.15) is 30.1 Å². The summed E-state index contributed by atoms with van der Waals surface area (Å²) in [5.41, 5.74) is 1.69. The van der Waals surface area contributed by atoms with E-state index in [-0.39, 0.29) is 11.9 Å². The minimum atomic E-state index is 0.0912. The van der Waals surface area contributed by atoms with E-state index in [1.165, 1.54) is 0 Å². The summed E-state index contributed by atoms with van der Waals surface area (Å²) in [5.74, 6) is 0.673. The first-order valence-electron chi connectivity index (χ1n) is 8.62. The molecule has 1 unspecified atom stereocenters. The molecule has 1 atom stereocenters. The second kappa shape index (κ2) is 7.18. The molecule has 5 heteroatoms. The number of rotatable bonds is 4. The van der Waals surface area contributed by atoms with Gasteiger partial charge in [-0.05, 0) is 76.2 Å². The lowest BCUT2D eigenvalue weighted by Crippen LogP contribution is -2.44. The monoisotopic (exact) mass is 326 g/mol. The lowest BCUT2D eigenvalue weighted by molar-refractivity contribution is 0.0636. The van der Waals surface area contributed by atoms with E-state index in [1.807, 2.05) is 48.5 Å². The van der Waals surface area contributed by atoms with Crippen molar-refractivity contribution in [2.45, 2.75) is 25.8 Å². The van der Waals surface area contributed by atoms with Gasteiger partial charge in [0.1, 0.15) is 0 Å². The molecule has 3 rings (SSSR count). The molecule has 0 N–H and O–H groups in total. The van der Waals surface area contributed by atoms with Crippen LogP contribution in [0, 0.1) is 5.92 Å². The summed E-state index contributed by atoms with van der Waals surface area (Å²) in [7, 11) is 4.09. The number of carbonyl (C=O) groups excluding carboxylic acids is 1. The highest BCUT2D eigenvalue weighted by molar-refractivity contribution is 5.94. The fraction of sp³-hybridized carbons (Fsp3) is 0.474. The van der Waals surface area contributed by atoms with Gasteiger partial charge in [-0.3, -0.25) is 4.79 Å². The Hall–Kier alpha value is -2.14. The maximum atomic E-state index is 12.8. The lowest BCUT2D eigenvalue weighted by atomic mass is 9.89. The fourth-order valence-electron chi connectivity index (χ4n) is 3.39. The molecule has 0 saturated carbocycles. The highest BCUT2D eigenvalue weighted by atomic mass is 16.2. The maximum Gasteiger partial charge on any atom is 0.253 e. The van der Waals surface area contributed by atoms with E-state index in [0.29, 0.717) is 5.92 Å². The van der Waals surface area contributed by atoms with Crippen molar-refractivity contribution in [1.29, 1.82) is 0 Å². The molecule has 24 heavy (non-hydrogen) atoms. The Bertz CT molecular complexity index is 657. The van der Waals surface area contributed by atoms with Crippen molar-refractivity contribution in [2.24, 2.45) is 5.92 Å². The van der Waals surface area contributed by atoms with E-state index in [4.69, 9.17) is 0 Å². The molecule has 128 valence electrons. The molecule has 0 bridgehead atoms. The molecule has 5 nitrogen and oxygen atoms in total. The molecule has 1 aliphatic rings. The average molecular weight is 326 g/mol. The predicted octanol–water partition coefficient (Wildman–Crippen LogP) is 2.67. The number of carbonyl (C=O) groups is 1. The zero-order valence-electron chi connectivity index (χ0n) is 14.7. The Morgan fingerprint density at radius 3 is 2.50 bits per heavy atom. The molecule has 1 aromatic heterocycles.